The van der Waals surface area contributed by atoms with Crippen molar-refractivity contribution in [3.8, 4) is 17.0 Å². The molecule has 0 spiro atoms. The Morgan fingerprint density at radius 2 is 1.86 bits per heavy atom. The van der Waals surface area contributed by atoms with E-state index in [1.807, 2.05) is 36.4 Å². The molecule has 0 radical (unpaired) electrons. The first kappa shape index (κ1) is 22.3. The molecule has 2 aromatic heterocycles. The van der Waals surface area contributed by atoms with Crippen molar-refractivity contribution in [1.29, 1.82) is 0 Å². The first-order valence-electron chi connectivity index (χ1n) is 11.6. The number of benzene rings is 2. The van der Waals surface area contributed by atoms with Gasteiger partial charge in [0.25, 0.3) is 5.91 Å². The zero-order chi connectivity index (χ0) is 24.2. The van der Waals surface area contributed by atoms with Crippen LogP contribution in [0.2, 0.25) is 0 Å². The standard InChI is InChI=1S/C27H25N5O3/c33-25-11-10-21(30-26(34)20-7-4-13-28-17-20)15-22(25)23-16-24(19-8-9-19)32(31-23)27(35)29-14-12-18-5-2-1-3-6-18/h1-7,10-11,13,15-17,19,33H,8-9,12,14H2,(H,29,35)(H,30,34). The Hall–Kier alpha value is -4.46. The van der Waals surface area contributed by atoms with Gasteiger partial charge < -0.3 is 15.7 Å². The summed E-state index contributed by atoms with van der Waals surface area (Å²) in [6.07, 6.45) is 5.79. The van der Waals surface area contributed by atoms with Crippen LogP contribution in [0.5, 0.6) is 5.75 Å². The molecule has 1 aliphatic carbocycles. The van der Waals surface area contributed by atoms with E-state index in [0.29, 0.717) is 29.1 Å². The predicted molar refractivity (Wildman–Crippen MR) is 132 cm³/mol. The lowest BCUT2D eigenvalue weighted by atomic mass is 10.1. The number of phenolic OH excluding ortho intramolecular Hbond substituents is 1. The van der Waals surface area contributed by atoms with Crippen molar-refractivity contribution >= 4 is 17.6 Å². The maximum atomic E-state index is 13.0. The third-order valence-electron chi connectivity index (χ3n) is 5.91. The molecule has 1 fully saturated rings. The lowest BCUT2D eigenvalue weighted by Crippen LogP contribution is -2.32. The molecular formula is C27H25N5O3. The number of phenols is 1. The van der Waals surface area contributed by atoms with Gasteiger partial charge in [0.05, 0.1) is 17.0 Å². The van der Waals surface area contributed by atoms with Crippen LogP contribution in [-0.4, -0.2) is 38.4 Å². The maximum absolute atomic E-state index is 13.0. The van der Waals surface area contributed by atoms with Gasteiger partial charge in [-0.05, 0) is 61.2 Å². The van der Waals surface area contributed by atoms with Crippen LogP contribution in [0.25, 0.3) is 11.3 Å². The number of hydrogen-bond acceptors (Lipinski definition) is 5. The van der Waals surface area contributed by atoms with Gasteiger partial charge in [0, 0.05) is 36.1 Å². The molecule has 0 bridgehead atoms. The summed E-state index contributed by atoms with van der Waals surface area (Å²) in [4.78, 5) is 29.4. The van der Waals surface area contributed by atoms with Gasteiger partial charge in [0.1, 0.15) is 5.75 Å². The summed E-state index contributed by atoms with van der Waals surface area (Å²) in [6.45, 7) is 0.489. The molecule has 8 heteroatoms. The quantitative estimate of drug-likeness (QED) is 0.345. The van der Waals surface area contributed by atoms with E-state index < -0.39 is 0 Å². The Bertz CT molecular complexity index is 1350. The van der Waals surface area contributed by atoms with E-state index >= 15 is 0 Å². The highest BCUT2D eigenvalue weighted by Gasteiger charge is 2.30. The molecule has 0 unspecified atom stereocenters. The number of nitrogens with one attached hydrogen (secondary N) is 2. The zero-order valence-electron chi connectivity index (χ0n) is 19.0. The SMILES string of the molecule is O=C(Nc1ccc(O)c(-c2cc(C3CC3)n(C(=O)NCCc3ccccc3)n2)c1)c1cccnc1. The van der Waals surface area contributed by atoms with Crippen molar-refractivity contribution in [2.75, 3.05) is 11.9 Å². The Balaban J connectivity index is 1.35. The number of pyridine rings is 1. The van der Waals surface area contributed by atoms with Gasteiger partial charge in [0.2, 0.25) is 0 Å². The second kappa shape index (κ2) is 9.80. The molecule has 4 aromatic rings. The Kier molecular flexibility index (Phi) is 6.26. The number of rotatable bonds is 7. The van der Waals surface area contributed by atoms with E-state index in [2.05, 4.69) is 20.7 Å². The summed E-state index contributed by atoms with van der Waals surface area (Å²) in [6, 6.07) is 19.6. The normalized spacial score (nSPS) is 12.8. The molecule has 5 rings (SSSR count). The van der Waals surface area contributed by atoms with E-state index in [4.69, 9.17) is 0 Å². The van der Waals surface area contributed by atoms with E-state index in [1.54, 1.807) is 30.5 Å². The number of carbonyl (C=O) groups excluding carboxylic acids is 2. The van der Waals surface area contributed by atoms with Crippen LogP contribution < -0.4 is 10.6 Å². The number of carbonyl (C=O) groups is 2. The number of aromatic hydroxyl groups is 1. The summed E-state index contributed by atoms with van der Waals surface area (Å²) in [7, 11) is 0. The number of nitrogens with zero attached hydrogens (tertiary/aromatic N) is 3. The number of amides is 2. The van der Waals surface area contributed by atoms with Gasteiger partial charge in [-0.25, -0.2) is 4.79 Å². The monoisotopic (exact) mass is 467 g/mol. The number of anilines is 1. The Labute approximate surface area is 202 Å². The van der Waals surface area contributed by atoms with Gasteiger partial charge in [0.15, 0.2) is 0 Å². The second-order valence-corrected chi connectivity index (χ2v) is 8.54. The highest BCUT2D eigenvalue weighted by molar-refractivity contribution is 6.04. The van der Waals surface area contributed by atoms with E-state index in [1.165, 1.54) is 16.9 Å². The summed E-state index contributed by atoms with van der Waals surface area (Å²) in [5.41, 5.74) is 3.80. The summed E-state index contributed by atoms with van der Waals surface area (Å²) in [5.74, 6) is -0.0238. The van der Waals surface area contributed by atoms with Gasteiger partial charge in [-0.15, -0.1) is 0 Å². The van der Waals surface area contributed by atoms with Crippen LogP contribution in [0.4, 0.5) is 10.5 Å². The fourth-order valence-electron chi connectivity index (χ4n) is 3.91. The lowest BCUT2D eigenvalue weighted by molar-refractivity contribution is 0.102. The van der Waals surface area contributed by atoms with Gasteiger partial charge in [-0.1, -0.05) is 30.3 Å². The second-order valence-electron chi connectivity index (χ2n) is 8.54. The molecule has 176 valence electrons. The van der Waals surface area contributed by atoms with Gasteiger partial charge in [-0.3, -0.25) is 9.78 Å². The number of aromatic nitrogens is 3. The van der Waals surface area contributed by atoms with Crippen LogP contribution >= 0.6 is 0 Å². The van der Waals surface area contributed by atoms with Crippen LogP contribution in [-0.2, 0) is 6.42 Å². The molecule has 8 nitrogen and oxygen atoms in total. The molecule has 35 heavy (non-hydrogen) atoms. The zero-order valence-corrected chi connectivity index (χ0v) is 19.0. The lowest BCUT2D eigenvalue weighted by Gasteiger charge is -2.09. The average molecular weight is 468 g/mol. The smallest absolute Gasteiger partial charge is 0.342 e. The van der Waals surface area contributed by atoms with Gasteiger partial charge >= 0.3 is 6.03 Å². The minimum atomic E-state index is -0.309. The molecule has 2 aromatic carbocycles. The molecule has 0 atom stereocenters. The highest BCUT2D eigenvalue weighted by Crippen LogP contribution is 2.42. The first-order chi connectivity index (χ1) is 17.1. The average Bonchev–Trinajstić information content (AvgIpc) is 3.64. The van der Waals surface area contributed by atoms with Crippen molar-refractivity contribution in [3.63, 3.8) is 0 Å². The van der Waals surface area contributed by atoms with E-state index in [9.17, 15) is 14.7 Å². The largest absolute Gasteiger partial charge is 0.507 e. The minimum Gasteiger partial charge on any atom is -0.507 e. The van der Waals surface area contributed by atoms with E-state index in [-0.39, 0.29) is 23.6 Å². The number of hydrogen-bond donors (Lipinski definition) is 3. The van der Waals surface area contributed by atoms with Crippen molar-refractivity contribution in [3.05, 3.63) is 95.9 Å². The van der Waals surface area contributed by atoms with Crippen molar-refractivity contribution in [2.45, 2.75) is 25.2 Å². The van der Waals surface area contributed by atoms with E-state index in [0.717, 1.165) is 30.5 Å². The van der Waals surface area contributed by atoms with Crippen LogP contribution in [0.15, 0.2) is 79.1 Å². The summed E-state index contributed by atoms with van der Waals surface area (Å²) in [5, 5.41) is 20.8. The molecule has 1 saturated carbocycles. The molecule has 1 aliphatic rings. The maximum Gasteiger partial charge on any atom is 0.342 e. The van der Waals surface area contributed by atoms with Crippen LogP contribution in [0.3, 0.4) is 0 Å². The molecule has 3 N–H and O–H groups in total. The van der Waals surface area contributed by atoms with Crippen molar-refractivity contribution in [2.24, 2.45) is 0 Å². The topological polar surface area (TPSA) is 109 Å². The fourth-order valence-corrected chi connectivity index (χ4v) is 3.91. The molecule has 0 saturated heterocycles. The third kappa shape index (κ3) is 5.22. The fraction of sp³-hybridized carbons (Fsp3) is 0.185. The van der Waals surface area contributed by atoms with Gasteiger partial charge in [-0.2, -0.15) is 9.78 Å². The molecule has 2 amide bonds. The summed E-state index contributed by atoms with van der Waals surface area (Å²) >= 11 is 0. The predicted octanol–water partition coefficient (Wildman–Crippen LogP) is 4.58. The third-order valence-corrected chi connectivity index (χ3v) is 5.91. The molecule has 0 aliphatic heterocycles. The Morgan fingerprint density at radius 1 is 1.03 bits per heavy atom. The highest BCUT2D eigenvalue weighted by atomic mass is 16.3. The minimum absolute atomic E-state index is 0.0147. The molecular weight excluding hydrogens is 442 g/mol. The van der Waals surface area contributed by atoms with Crippen molar-refractivity contribution < 1.29 is 14.7 Å². The summed E-state index contributed by atoms with van der Waals surface area (Å²) < 4.78 is 1.40. The first-order valence-corrected chi connectivity index (χ1v) is 11.6. The van der Waals surface area contributed by atoms with Crippen molar-refractivity contribution in [1.82, 2.24) is 20.1 Å². The Morgan fingerprint density at radius 3 is 2.60 bits per heavy atom. The molecule has 2 heterocycles. The van der Waals surface area contributed by atoms with Crippen LogP contribution in [0.1, 0.15) is 40.4 Å². The van der Waals surface area contributed by atoms with Crippen LogP contribution in [0, 0.1) is 0 Å².